The molecule has 2 aromatic heterocycles. The summed E-state index contributed by atoms with van der Waals surface area (Å²) in [6.07, 6.45) is 4.51. The van der Waals surface area contributed by atoms with Crippen LogP contribution in [0.15, 0.2) is 10.9 Å². The van der Waals surface area contributed by atoms with E-state index in [0.29, 0.717) is 33.2 Å². The Kier molecular flexibility index (Phi) is 8.59. The molecule has 176 valence electrons. The molecule has 2 atom stereocenters. The van der Waals surface area contributed by atoms with Crippen molar-refractivity contribution in [3.8, 4) is 0 Å². The van der Waals surface area contributed by atoms with E-state index >= 15 is 0 Å². The van der Waals surface area contributed by atoms with Crippen LogP contribution < -0.4 is 10.9 Å². The van der Waals surface area contributed by atoms with E-state index in [-0.39, 0.29) is 18.0 Å². The van der Waals surface area contributed by atoms with E-state index in [0.717, 1.165) is 55.7 Å². The van der Waals surface area contributed by atoms with Gasteiger partial charge in [-0.1, -0.05) is 31.9 Å². The van der Waals surface area contributed by atoms with Crippen LogP contribution in [0.25, 0.3) is 0 Å². The Hall–Kier alpha value is -1.63. The lowest BCUT2D eigenvalue weighted by Crippen LogP contribution is -2.28. The summed E-state index contributed by atoms with van der Waals surface area (Å²) < 4.78 is 6.11. The van der Waals surface area contributed by atoms with Crippen LogP contribution in [0.3, 0.4) is 0 Å². The zero-order valence-electron chi connectivity index (χ0n) is 19.8. The molecule has 2 aromatic rings. The molecule has 1 amide bonds. The molecule has 1 aliphatic heterocycles. The Morgan fingerprint density at radius 1 is 1.31 bits per heavy atom. The lowest BCUT2D eigenvalue weighted by atomic mass is 9.75. The smallest absolute Gasteiger partial charge is 0.254 e. The monoisotopic (exact) mass is 478 g/mol. The van der Waals surface area contributed by atoms with E-state index in [4.69, 9.17) is 16.3 Å². The van der Waals surface area contributed by atoms with Gasteiger partial charge >= 0.3 is 0 Å². The minimum atomic E-state index is -0.223. The lowest BCUT2D eigenvalue weighted by Gasteiger charge is -2.34. The largest absolute Gasteiger partial charge is 0.381 e. The number of hydrogen-bond acceptors (Lipinski definition) is 4. The van der Waals surface area contributed by atoms with Gasteiger partial charge in [-0.15, -0.1) is 11.3 Å². The van der Waals surface area contributed by atoms with E-state index in [1.165, 1.54) is 16.2 Å². The van der Waals surface area contributed by atoms with E-state index < -0.39 is 0 Å². The highest BCUT2D eigenvalue weighted by molar-refractivity contribution is 7.17. The Balaban J connectivity index is 1.80. The van der Waals surface area contributed by atoms with Crippen molar-refractivity contribution in [3.63, 3.8) is 0 Å². The Labute approximate surface area is 199 Å². The molecule has 0 saturated carbocycles. The third kappa shape index (κ3) is 5.46. The number of ether oxygens (including phenoxy) is 1. The summed E-state index contributed by atoms with van der Waals surface area (Å²) in [5, 5.41) is 2.91. The quantitative estimate of drug-likeness (QED) is 0.496. The number of rotatable bonds is 8. The Bertz CT molecular complexity index is 1010. The van der Waals surface area contributed by atoms with Crippen LogP contribution in [0.1, 0.15) is 83.1 Å². The van der Waals surface area contributed by atoms with E-state index in [1.54, 1.807) is 0 Å². The Morgan fingerprint density at radius 2 is 2.00 bits per heavy atom. The standard InChI is InChI=1S/C25H35ClN2O3S/c1-6-7-19(18-8-10-31-11-9-18)16(4)22-17(5)21(23(26)32-22)25(30)27-13-20-14(2)12-15(3)28-24(20)29/h12,16,18-19H,6-11,13H2,1-5H3,(H,27,30)(H,28,29). The number of hydrogen-bond donors (Lipinski definition) is 2. The highest BCUT2D eigenvalue weighted by atomic mass is 35.5. The highest BCUT2D eigenvalue weighted by Gasteiger charge is 2.32. The summed E-state index contributed by atoms with van der Waals surface area (Å²) in [4.78, 5) is 29.4. The van der Waals surface area contributed by atoms with Gasteiger partial charge in [-0.05, 0) is 75.0 Å². The maximum absolute atomic E-state index is 13.1. The van der Waals surface area contributed by atoms with Crippen molar-refractivity contribution in [1.82, 2.24) is 10.3 Å². The van der Waals surface area contributed by atoms with Crippen LogP contribution in [0, 0.1) is 32.6 Å². The zero-order chi connectivity index (χ0) is 23.4. The fourth-order valence-corrected chi connectivity index (χ4v) is 6.75. The van der Waals surface area contributed by atoms with Crippen LogP contribution >= 0.6 is 22.9 Å². The number of pyridine rings is 1. The van der Waals surface area contributed by atoms with Gasteiger partial charge in [0.1, 0.15) is 4.34 Å². The number of halogens is 1. The van der Waals surface area contributed by atoms with Crippen molar-refractivity contribution in [2.45, 2.75) is 72.8 Å². The SMILES string of the molecule is CCCC(C1CCOCC1)C(C)c1sc(Cl)c(C(=O)NCc2c(C)cc(C)[nH]c2=O)c1C. The summed E-state index contributed by atoms with van der Waals surface area (Å²) in [7, 11) is 0. The maximum atomic E-state index is 13.1. The maximum Gasteiger partial charge on any atom is 0.254 e. The number of H-pyrrole nitrogens is 1. The van der Waals surface area contributed by atoms with Crippen LogP contribution in [0.4, 0.5) is 0 Å². The third-order valence-corrected chi connectivity index (χ3v) is 8.54. The number of amides is 1. The first kappa shape index (κ1) is 25.0. The van der Waals surface area contributed by atoms with Gasteiger partial charge < -0.3 is 15.0 Å². The van der Waals surface area contributed by atoms with Gasteiger partial charge in [0.05, 0.1) is 5.56 Å². The summed E-state index contributed by atoms with van der Waals surface area (Å²) in [6.45, 7) is 12.1. The molecular formula is C25H35ClN2O3S. The van der Waals surface area contributed by atoms with E-state index in [1.807, 2.05) is 26.8 Å². The molecule has 32 heavy (non-hydrogen) atoms. The Morgan fingerprint density at radius 3 is 2.62 bits per heavy atom. The predicted molar refractivity (Wildman–Crippen MR) is 132 cm³/mol. The molecule has 3 heterocycles. The molecule has 0 radical (unpaired) electrons. The molecule has 1 aliphatic rings. The van der Waals surface area contributed by atoms with Crippen LogP contribution in [0.5, 0.6) is 0 Å². The minimum absolute atomic E-state index is 0.163. The fourth-order valence-electron chi connectivity index (χ4n) is 5.11. The van der Waals surface area contributed by atoms with Gasteiger partial charge in [-0.25, -0.2) is 0 Å². The second-order valence-electron chi connectivity index (χ2n) is 9.06. The van der Waals surface area contributed by atoms with E-state index in [9.17, 15) is 9.59 Å². The number of thiophene rings is 1. The number of aromatic nitrogens is 1. The number of nitrogens with one attached hydrogen (secondary N) is 2. The van der Waals surface area contributed by atoms with Crippen molar-refractivity contribution in [3.05, 3.63) is 53.6 Å². The molecule has 2 N–H and O–H groups in total. The molecule has 0 aromatic carbocycles. The van der Waals surface area contributed by atoms with Crippen molar-refractivity contribution in [2.75, 3.05) is 13.2 Å². The second kappa shape index (κ2) is 11.0. The molecule has 2 unspecified atom stereocenters. The molecule has 5 nitrogen and oxygen atoms in total. The second-order valence-corrected chi connectivity index (χ2v) is 10.7. The first-order valence-electron chi connectivity index (χ1n) is 11.6. The van der Waals surface area contributed by atoms with E-state index in [2.05, 4.69) is 24.1 Å². The lowest BCUT2D eigenvalue weighted by molar-refractivity contribution is 0.0404. The van der Waals surface area contributed by atoms with Gasteiger partial charge in [0, 0.05) is 35.9 Å². The minimum Gasteiger partial charge on any atom is -0.381 e. The van der Waals surface area contributed by atoms with Crippen LogP contribution in [0.2, 0.25) is 4.34 Å². The third-order valence-electron chi connectivity index (χ3n) is 6.84. The first-order valence-corrected chi connectivity index (χ1v) is 12.8. The number of aryl methyl sites for hydroxylation is 2. The number of carbonyl (C=O) groups is 1. The van der Waals surface area contributed by atoms with Gasteiger partial charge in [-0.2, -0.15) is 0 Å². The summed E-state index contributed by atoms with van der Waals surface area (Å²) in [5.41, 5.74) is 3.60. The number of carbonyl (C=O) groups excluding carboxylic acids is 1. The number of aromatic amines is 1. The average Bonchev–Trinajstić information content (AvgIpc) is 3.05. The molecular weight excluding hydrogens is 444 g/mol. The summed E-state index contributed by atoms with van der Waals surface area (Å²) in [6, 6.07) is 1.91. The van der Waals surface area contributed by atoms with Gasteiger partial charge in [-0.3, -0.25) is 9.59 Å². The van der Waals surface area contributed by atoms with Crippen molar-refractivity contribution < 1.29 is 9.53 Å². The zero-order valence-corrected chi connectivity index (χ0v) is 21.3. The topological polar surface area (TPSA) is 71.2 Å². The van der Waals surface area contributed by atoms with Crippen LogP contribution in [-0.4, -0.2) is 24.1 Å². The molecule has 0 spiro atoms. The van der Waals surface area contributed by atoms with Gasteiger partial charge in [0.25, 0.3) is 11.5 Å². The van der Waals surface area contributed by atoms with Crippen molar-refractivity contribution >= 4 is 28.8 Å². The van der Waals surface area contributed by atoms with Crippen LogP contribution in [-0.2, 0) is 11.3 Å². The van der Waals surface area contributed by atoms with Gasteiger partial charge in [0.15, 0.2) is 0 Å². The van der Waals surface area contributed by atoms with Crippen molar-refractivity contribution in [1.29, 1.82) is 0 Å². The molecule has 1 saturated heterocycles. The normalized spacial score (nSPS) is 16.7. The fraction of sp³-hybridized carbons (Fsp3) is 0.600. The first-order chi connectivity index (χ1) is 15.2. The summed E-state index contributed by atoms with van der Waals surface area (Å²) >= 11 is 8.12. The predicted octanol–water partition coefficient (Wildman–Crippen LogP) is 5.89. The van der Waals surface area contributed by atoms with Gasteiger partial charge in [0.2, 0.25) is 0 Å². The molecule has 3 rings (SSSR count). The molecule has 7 heteroatoms. The van der Waals surface area contributed by atoms with Crippen molar-refractivity contribution in [2.24, 2.45) is 11.8 Å². The average molecular weight is 479 g/mol. The molecule has 0 bridgehead atoms. The highest BCUT2D eigenvalue weighted by Crippen LogP contribution is 2.44. The summed E-state index contributed by atoms with van der Waals surface area (Å²) in [5.74, 6) is 1.32. The molecule has 0 aliphatic carbocycles. The molecule has 1 fully saturated rings.